The van der Waals surface area contributed by atoms with Gasteiger partial charge in [-0.2, -0.15) is 30.7 Å². The van der Waals surface area contributed by atoms with Crippen molar-refractivity contribution in [2.24, 2.45) is 5.92 Å². The third-order valence-corrected chi connectivity index (χ3v) is 2.58. The summed E-state index contributed by atoms with van der Waals surface area (Å²) in [4.78, 5) is 11.3. The molecule has 0 radical (unpaired) electrons. The highest BCUT2D eigenvalue weighted by Crippen LogP contribution is 2.49. The summed E-state index contributed by atoms with van der Waals surface area (Å²) in [6, 6.07) is 0. The summed E-state index contributed by atoms with van der Waals surface area (Å²) in [5, 5.41) is 0. The van der Waals surface area contributed by atoms with Gasteiger partial charge in [-0.1, -0.05) is 13.3 Å². The van der Waals surface area contributed by atoms with Gasteiger partial charge >= 0.3 is 24.0 Å². The molecule has 0 aromatic heterocycles. The SMILES string of the molecule is CCCC(CC(F)(F)C(F)(F)C(F)(F)F)C(=O)OCC. The summed E-state index contributed by atoms with van der Waals surface area (Å²) in [6.07, 6.45) is -8.40. The smallest absolute Gasteiger partial charge is 0.459 e. The Kier molecular flexibility index (Phi) is 6.28. The lowest BCUT2D eigenvalue weighted by Crippen LogP contribution is -2.53. The van der Waals surface area contributed by atoms with Crippen LogP contribution < -0.4 is 0 Å². The molecule has 1 atom stereocenters. The number of carbonyl (C=O) groups excluding carboxylic acids is 1. The van der Waals surface area contributed by atoms with E-state index in [1.54, 1.807) is 0 Å². The predicted octanol–water partition coefficient (Wildman–Crippen LogP) is 4.19. The first kappa shape index (κ1) is 19.0. The quantitative estimate of drug-likeness (QED) is 0.520. The van der Waals surface area contributed by atoms with Crippen molar-refractivity contribution < 1.29 is 40.3 Å². The molecule has 0 aliphatic heterocycles. The van der Waals surface area contributed by atoms with Crippen molar-refractivity contribution in [1.82, 2.24) is 0 Å². The van der Waals surface area contributed by atoms with Crippen molar-refractivity contribution in [3.63, 3.8) is 0 Å². The van der Waals surface area contributed by atoms with Crippen LogP contribution in [0.15, 0.2) is 0 Å². The third-order valence-electron chi connectivity index (χ3n) is 2.58. The number of rotatable bonds is 7. The second kappa shape index (κ2) is 6.62. The van der Waals surface area contributed by atoms with Crippen LogP contribution in [0.5, 0.6) is 0 Å². The molecule has 0 aromatic carbocycles. The van der Waals surface area contributed by atoms with Gasteiger partial charge in [-0.3, -0.25) is 4.79 Å². The number of ether oxygens (including phenoxy) is 1. The number of esters is 1. The maximum atomic E-state index is 13.2. The minimum absolute atomic E-state index is 0.164. The summed E-state index contributed by atoms with van der Waals surface area (Å²) >= 11 is 0. The zero-order valence-corrected chi connectivity index (χ0v) is 10.9. The molecule has 0 heterocycles. The normalized spacial score (nSPS) is 15.1. The van der Waals surface area contributed by atoms with Crippen molar-refractivity contribution in [2.75, 3.05) is 6.61 Å². The molecule has 0 fully saturated rings. The zero-order valence-electron chi connectivity index (χ0n) is 10.9. The Labute approximate surface area is 111 Å². The number of hydrogen-bond acceptors (Lipinski definition) is 2. The topological polar surface area (TPSA) is 26.3 Å². The Morgan fingerprint density at radius 1 is 1.05 bits per heavy atom. The van der Waals surface area contributed by atoms with E-state index in [0.717, 1.165) is 0 Å². The zero-order chi connectivity index (χ0) is 16.2. The lowest BCUT2D eigenvalue weighted by Gasteiger charge is -2.30. The molecular weight excluding hydrogens is 297 g/mol. The largest absolute Gasteiger partial charge is 0.466 e. The second-order valence-electron chi connectivity index (χ2n) is 4.22. The van der Waals surface area contributed by atoms with Gasteiger partial charge in [-0.15, -0.1) is 0 Å². The molecular formula is C11H15F7O2. The molecule has 120 valence electrons. The van der Waals surface area contributed by atoms with Crippen LogP contribution in [-0.2, 0) is 9.53 Å². The molecule has 0 aliphatic rings. The fourth-order valence-corrected chi connectivity index (χ4v) is 1.56. The van der Waals surface area contributed by atoms with E-state index < -0.39 is 36.3 Å². The number of carbonyl (C=O) groups is 1. The molecule has 0 aromatic rings. The molecule has 0 amide bonds. The van der Waals surface area contributed by atoms with Crippen LogP contribution in [0.4, 0.5) is 30.7 Å². The van der Waals surface area contributed by atoms with Crippen LogP contribution in [0.3, 0.4) is 0 Å². The van der Waals surface area contributed by atoms with Gasteiger partial charge in [0, 0.05) is 6.42 Å². The van der Waals surface area contributed by atoms with Gasteiger partial charge in [0.1, 0.15) is 0 Å². The highest BCUT2D eigenvalue weighted by atomic mass is 19.4. The van der Waals surface area contributed by atoms with Crippen LogP contribution in [0.25, 0.3) is 0 Å². The molecule has 0 saturated carbocycles. The molecule has 0 aliphatic carbocycles. The monoisotopic (exact) mass is 312 g/mol. The number of halogens is 7. The summed E-state index contributed by atoms with van der Waals surface area (Å²) in [6.45, 7) is 2.66. The Bertz CT molecular complexity index is 325. The van der Waals surface area contributed by atoms with Gasteiger partial charge in [0.25, 0.3) is 0 Å². The van der Waals surface area contributed by atoms with Crippen LogP contribution in [0.2, 0.25) is 0 Å². The number of hydrogen-bond donors (Lipinski definition) is 0. The predicted molar refractivity (Wildman–Crippen MR) is 55.6 cm³/mol. The van der Waals surface area contributed by atoms with E-state index in [4.69, 9.17) is 0 Å². The average molecular weight is 312 g/mol. The molecule has 0 spiro atoms. The summed E-state index contributed by atoms with van der Waals surface area (Å²) in [5.41, 5.74) is 0. The Morgan fingerprint density at radius 2 is 1.55 bits per heavy atom. The van der Waals surface area contributed by atoms with Gasteiger partial charge in [0.15, 0.2) is 0 Å². The molecule has 9 heteroatoms. The molecule has 0 rings (SSSR count). The maximum absolute atomic E-state index is 13.2. The Morgan fingerprint density at radius 3 is 1.90 bits per heavy atom. The van der Waals surface area contributed by atoms with Crippen LogP contribution in [0, 0.1) is 5.92 Å². The van der Waals surface area contributed by atoms with Crippen molar-refractivity contribution >= 4 is 5.97 Å². The first-order chi connectivity index (χ1) is 8.90. The summed E-state index contributed by atoms with van der Waals surface area (Å²) in [5.74, 6) is -14.5. The standard InChI is InChI=1S/C11H15F7O2/c1-3-5-7(8(19)20-4-2)6-9(12,13)10(14,15)11(16,17)18/h7H,3-6H2,1-2H3. The van der Waals surface area contributed by atoms with Crippen LogP contribution >= 0.6 is 0 Å². The van der Waals surface area contributed by atoms with Crippen LogP contribution in [0.1, 0.15) is 33.1 Å². The Balaban J connectivity index is 5.15. The van der Waals surface area contributed by atoms with Crippen molar-refractivity contribution in [2.45, 2.75) is 51.1 Å². The van der Waals surface area contributed by atoms with Crippen LogP contribution in [-0.4, -0.2) is 30.6 Å². The molecule has 2 nitrogen and oxygen atoms in total. The van der Waals surface area contributed by atoms with E-state index in [1.165, 1.54) is 13.8 Å². The Hall–Kier alpha value is -1.02. The molecule has 0 N–H and O–H groups in total. The van der Waals surface area contributed by atoms with Crippen molar-refractivity contribution in [1.29, 1.82) is 0 Å². The van der Waals surface area contributed by atoms with Gasteiger partial charge < -0.3 is 4.74 Å². The highest BCUT2D eigenvalue weighted by molar-refractivity contribution is 5.72. The van der Waals surface area contributed by atoms with E-state index in [2.05, 4.69) is 4.74 Å². The van der Waals surface area contributed by atoms with E-state index in [9.17, 15) is 35.5 Å². The maximum Gasteiger partial charge on any atom is 0.459 e. The fourth-order valence-electron chi connectivity index (χ4n) is 1.56. The average Bonchev–Trinajstić information content (AvgIpc) is 2.26. The second-order valence-corrected chi connectivity index (χ2v) is 4.22. The summed E-state index contributed by atoms with van der Waals surface area (Å²) in [7, 11) is 0. The molecule has 0 bridgehead atoms. The van der Waals surface area contributed by atoms with E-state index in [0.29, 0.717) is 0 Å². The number of alkyl halides is 7. The lowest BCUT2D eigenvalue weighted by atomic mass is 9.93. The van der Waals surface area contributed by atoms with E-state index in [-0.39, 0.29) is 19.4 Å². The summed E-state index contributed by atoms with van der Waals surface area (Å²) < 4.78 is 92.2. The van der Waals surface area contributed by atoms with Gasteiger partial charge in [0.2, 0.25) is 0 Å². The highest BCUT2D eigenvalue weighted by Gasteiger charge is 2.73. The van der Waals surface area contributed by atoms with Gasteiger partial charge in [0.05, 0.1) is 12.5 Å². The van der Waals surface area contributed by atoms with Crippen molar-refractivity contribution in [3.05, 3.63) is 0 Å². The molecule has 20 heavy (non-hydrogen) atoms. The van der Waals surface area contributed by atoms with Gasteiger partial charge in [-0.25, -0.2) is 0 Å². The first-order valence-electron chi connectivity index (χ1n) is 5.89. The minimum atomic E-state index is -6.39. The van der Waals surface area contributed by atoms with E-state index >= 15 is 0 Å². The fraction of sp³-hybridized carbons (Fsp3) is 0.909. The van der Waals surface area contributed by atoms with Gasteiger partial charge in [-0.05, 0) is 13.3 Å². The molecule has 0 saturated heterocycles. The lowest BCUT2D eigenvalue weighted by molar-refractivity contribution is -0.357. The molecule has 1 unspecified atom stereocenters. The first-order valence-corrected chi connectivity index (χ1v) is 5.89. The third kappa shape index (κ3) is 4.24. The minimum Gasteiger partial charge on any atom is -0.466 e. The van der Waals surface area contributed by atoms with E-state index in [1.807, 2.05) is 0 Å². The van der Waals surface area contributed by atoms with Crippen molar-refractivity contribution in [3.8, 4) is 0 Å².